The van der Waals surface area contributed by atoms with Gasteiger partial charge in [0.25, 0.3) is 0 Å². The summed E-state index contributed by atoms with van der Waals surface area (Å²) in [6.07, 6.45) is -3.12. The molecule has 2 aromatic rings. The zero-order valence-corrected chi connectivity index (χ0v) is 14.8. The van der Waals surface area contributed by atoms with Crippen LogP contribution in [-0.4, -0.2) is 35.2 Å². The third-order valence-corrected chi connectivity index (χ3v) is 3.84. The average molecular weight is 388 g/mol. The van der Waals surface area contributed by atoms with Gasteiger partial charge < -0.3 is 10.1 Å². The lowest BCUT2D eigenvalue weighted by atomic mass is 10.2. The summed E-state index contributed by atoms with van der Waals surface area (Å²) in [5.74, 6) is -0.644. The Bertz CT molecular complexity index is 736. The first-order valence-corrected chi connectivity index (χ1v) is 7.99. The van der Waals surface area contributed by atoms with Gasteiger partial charge in [0.1, 0.15) is 10.9 Å². The molecular formula is C17H17ClF3N3O2. The molecule has 9 heteroatoms. The molecule has 0 aliphatic rings. The van der Waals surface area contributed by atoms with Crippen LogP contribution in [0.2, 0.25) is 5.15 Å². The van der Waals surface area contributed by atoms with Crippen LogP contribution < -0.4 is 10.1 Å². The van der Waals surface area contributed by atoms with E-state index in [1.807, 2.05) is 6.07 Å². The van der Waals surface area contributed by atoms with Crippen LogP contribution in [0, 0.1) is 0 Å². The van der Waals surface area contributed by atoms with Crippen molar-refractivity contribution in [1.82, 2.24) is 9.88 Å². The molecule has 0 bridgehead atoms. The lowest BCUT2D eigenvalue weighted by molar-refractivity contribution is -0.274. The highest BCUT2D eigenvalue weighted by molar-refractivity contribution is 6.29. The van der Waals surface area contributed by atoms with Crippen molar-refractivity contribution in [1.29, 1.82) is 0 Å². The van der Waals surface area contributed by atoms with Crippen LogP contribution in [0.5, 0.6) is 5.75 Å². The van der Waals surface area contributed by atoms with Crippen molar-refractivity contribution in [2.24, 2.45) is 0 Å². The van der Waals surface area contributed by atoms with E-state index in [1.165, 1.54) is 12.1 Å². The molecule has 1 aromatic carbocycles. The Hall–Kier alpha value is -2.32. The quantitative estimate of drug-likeness (QED) is 0.758. The van der Waals surface area contributed by atoms with E-state index in [0.717, 1.165) is 17.7 Å². The molecule has 1 atom stereocenters. The fourth-order valence-corrected chi connectivity index (χ4v) is 2.22. The lowest BCUT2D eigenvalue weighted by Gasteiger charge is -2.24. The van der Waals surface area contributed by atoms with Crippen molar-refractivity contribution in [3.63, 3.8) is 0 Å². The highest BCUT2D eigenvalue weighted by atomic mass is 35.5. The van der Waals surface area contributed by atoms with E-state index in [-0.39, 0.29) is 11.7 Å². The Kier molecular flexibility index (Phi) is 6.44. The van der Waals surface area contributed by atoms with Crippen LogP contribution in [0.1, 0.15) is 12.5 Å². The first-order chi connectivity index (χ1) is 12.1. The van der Waals surface area contributed by atoms with Gasteiger partial charge in [0.2, 0.25) is 5.91 Å². The number of alkyl halides is 3. The molecule has 0 spiro atoms. The van der Waals surface area contributed by atoms with E-state index in [1.54, 1.807) is 31.1 Å². The van der Waals surface area contributed by atoms with Gasteiger partial charge in [-0.3, -0.25) is 9.69 Å². The Morgan fingerprint density at radius 1 is 1.27 bits per heavy atom. The predicted octanol–water partition coefficient (Wildman–Crippen LogP) is 4.09. The molecule has 26 heavy (non-hydrogen) atoms. The maximum absolute atomic E-state index is 12.3. The number of ether oxygens (including phenoxy) is 1. The fraction of sp³-hybridized carbons (Fsp3) is 0.294. The smallest absolute Gasteiger partial charge is 0.406 e. The Labute approximate surface area is 153 Å². The van der Waals surface area contributed by atoms with Gasteiger partial charge in [-0.15, -0.1) is 13.2 Å². The highest BCUT2D eigenvalue weighted by Gasteiger charge is 2.31. The molecule has 0 aliphatic carbocycles. The van der Waals surface area contributed by atoms with E-state index in [2.05, 4.69) is 15.0 Å². The van der Waals surface area contributed by atoms with Crippen molar-refractivity contribution >= 4 is 23.2 Å². The van der Waals surface area contributed by atoms with Gasteiger partial charge in [0.05, 0.1) is 6.04 Å². The van der Waals surface area contributed by atoms with Gasteiger partial charge in [-0.1, -0.05) is 17.7 Å². The summed E-state index contributed by atoms with van der Waals surface area (Å²) >= 11 is 5.74. The molecule has 5 nitrogen and oxygen atoms in total. The maximum atomic E-state index is 12.3. The summed E-state index contributed by atoms with van der Waals surface area (Å²) in [4.78, 5) is 18.1. The number of halogens is 4. The highest BCUT2D eigenvalue weighted by Crippen LogP contribution is 2.24. The average Bonchev–Trinajstić information content (AvgIpc) is 2.56. The molecule has 0 radical (unpaired) electrons. The number of hydrogen-bond acceptors (Lipinski definition) is 4. The zero-order valence-electron chi connectivity index (χ0n) is 14.0. The van der Waals surface area contributed by atoms with Crippen LogP contribution >= 0.6 is 11.6 Å². The maximum Gasteiger partial charge on any atom is 0.573 e. The molecular weight excluding hydrogens is 371 g/mol. The van der Waals surface area contributed by atoms with Crippen molar-refractivity contribution in [3.05, 3.63) is 53.3 Å². The molecule has 140 valence electrons. The number of nitrogens with zero attached hydrogens (tertiary/aromatic N) is 2. The predicted molar refractivity (Wildman–Crippen MR) is 91.9 cm³/mol. The number of hydrogen-bond donors (Lipinski definition) is 1. The van der Waals surface area contributed by atoms with Gasteiger partial charge in [0.15, 0.2) is 0 Å². The SMILES string of the molecule is C[C@H](C(=O)Nc1ccc(OC(F)(F)F)cc1)N(C)Cc1ccc(Cl)nc1. The van der Waals surface area contributed by atoms with E-state index in [9.17, 15) is 18.0 Å². The molecule has 2 rings (SSSR count). The van der Waals surface area contributed by atoms with Crippen LogP contribution in [0.15, 0.2) is 42.6 Å². The molecule has 1 amide bonds. The number of aromatic nitrogens is 1. The van der Waals surface area contributed by atoms with Crippen LogP contribution in [-0.2, 0) is 11.3 Å². The second-order valence-corrected chi connectivity index (χ2v) is 6.03. The number of nitrogens with one attached hydrogen (secondary N) is 1. The Morgan fingerprint density at radius 3 is 2.46 bits per heavy atom. The van der Waals surface area contributed by atoms with E-state index < -0.39 is 12.4 Å². The zero-order chi connectivity index (χ0) is 19.3. The molecule has 1 heterocycles. The van der Waals surface area contributed by atoms with Crippen LogP contribution in [0.3, 0.4) is 0 Å². The topological polar surface area (TPSA) is 54.5 Å². The first kappa shape index (κ1) is 20.0. The van der Waals surface area contributed by atoms with E-state index >= 15 is 0 Å². The summed E-state index contributed by atoms with van der Waals surface area (Å²) < 4.78 is 40.2. The van der Waals surface area contributed by atoms with Gasteiger partial charge >= 0.3 is 6.36 Å². The number of carbonyl (C=O) groups is 1. The normalized spacial score (nSPS) is 12.7. The number of rotatable bonds is 6. The van der Waals surface area contributed by atoms with E-state index in [4.69, 9.17) is 11.6 Å². The minimum Gasteiger partial charge on any atom is -0.406 e. The largest absolute Gasteiger partial charge is 0.573 e. The molecule has 0 fully saturated rings. The van der Waals surface area contributed by atoms with Gasteiger partial charge in [-0.05, 0) is 49.9 Å². The summed E-state index contributed by atoms with van der Waals surface area (Å²) in [6, 6.07) is 7.96. The number of amides is 1. The van der Waals surface area contributed by atoms with Gasteiger partial charge in [-0.2, -0.15) is 0 Å². The van der Waals surface area contributed by atoms with Crippen LogP contribution in [0.25, 0.3) is 0 Å². The lowest BCUT2D eigenvalue weighted by Crippen LogP contribution is -2.39. The van der Waals surface area contributed by atoms with Crippen LogP contribution in [0.4, 0.5) is 18.9 Å². The number of likely N-dealkylation sites (N-methyl/N-ethyl adjacent to an activating group) is 1. The second-order valence-electron chi connectivity index (χ2n) is 5.64. The van der Waals surface area contributed by atoms with Gasteiger partial charge in [0, 0.05) is 18.4 Å². The Balaban J connectivity index is 1.92. The monoisotopic (exact) mass is 387 g/mol. The molecule has 0 aliphatic heterocycles. The third-order valence-electron chi connectivity index (χ3n) is 3.62. The molecule has 1 aromatic heterocycles. The summed E-state index contributed by atoms with van der Waals surface area (Å²) in [5, 5.41) is 3.04. The Morgan fingerprint density at radius 2 is 1.92 bits per heavy atom. The minimum atomic E-state index is -4.75. The molecule has 0 saturated carbocycles. The molecule has 1 N–H and O–H groups in total. The van der Waals surface area contributed by atoms with Crippen molar-refractivity contribution in [3.8, 4) is 5.75 Å². The van der Waals surface area contributed by atoms with Crippen molar-refractivity contribution < 1.29 is 22.7 Å². The van der Waals surface area contributed by atoms with Crippen molar-refractivity contribution in [2.75, 3.05) is 12.4 Å². The fourth-order valence-electron chi connectivity index (χ4n) is 2.11. The van der Waals surface area contributed by atoms with Gasteiger partial charge in [-0.25, -0.2) is 4.98 Å². The molecule has 0 unspecified atom stereocenters. The molecule has 0 saturated heterocycles. The second kappa shape index (κ2) is 8.37. The number of anilines is 1. The van der Waals surface area contributed by atoms with Crippen molar-refractivity contribution in [2.45, 2.75) is 25.9 Å². The van der Waals surface area contributed by atoms with E-state index in [0.29, 0.717) is 17.4 Å². The first-order valence-electron chi connectivity index (χ1n) is 7.61. The third kappa shape index (κ3) is 6.20. The number of carbonyl (C=O) groups excluding carboxylic acids is 1. The summed E-state index contributed by atoms with van der Waals surface area (Å²) in [6.45, 7) is 2.21. The standard InChI is InChI=1S/C17H17ClF3N3O2/c1-11(24(2)10-12-3-8-15(18)22-9-12)16(25)23-13-4-6-14(7-5-13)26-17(19,20)21/h3-9,11H,10H2,1-2H3,(H,23,25)/t11-/m1/s1. The number of benzene rings is 1. The summed E-state index contributed by atoms with van der Waals surface area (Å²) in [5.41, 5.74) is 1.27. The number of pyridine rings is 1. The minimum absolute atomic E-state index is 0.293. The summed E-state index contributed by atoms with van der Waals surface area (Å²) in [7, 11) is 1.78.